The fourth-order valence-electron chi connectivity index (χ4n) is 5.58. The number of rotatable bonds is 0. The Morgan fingerprint density at radius 2 is 2.15 bits per heavy atom. The van der Waals surface area contributed by atoms with Crippen LogP contribution in [0.15, 0.2) is 35.5 Å². The topological polar surface area (TPSA) is 72.1 Å². The van der Waals surface area contributed by atoms with Crippen LogP contribution in [0.5, 0.6) is 0 Å². The molecule has 0 amide bonds. The molecule has 5 heteroatoms. The Morgan fingerprint density at radius 3 is 2.96 bits per heavy atom. The number of benzene rings is 1. The van der Waals surface area contributed by atoms with Gasteiger partial charge in [-0.3, -0.25) is 4.90 Å². The summed E-state index contributed by atoms with van der Waals surface area (Å²) in [4.78, 5) is 2.31. The monoisotopic (exact) mass is 346 g/mol. The van der Waals surface area contributed by atoms with Gasteiger partial charge >= 0.3 is 0 Å². The molecule has 0 spiro atoms. The molecule has 0 radical (unpaired) electrons. The highest BCUT2D eigenvalue weighted by atomic mass is 16.5. The van der Waals surface area contributed by atoms with Crippen molar-refractivity contribution in [2.45, 2.75) is 43.9 Å². The molecule has 5 rings (SSSR count). The Balaban J connectivity index is 1.51. The highest BCUT2D eigenvalue weighted by Gasteiger charge is 2.56. The summed E-state index contributed by atoms with van der Waals surface area (Å²) < 4.78 is 5.87. The molecule has 2 saturated heterocycles. The van der Waals surface area contributed by atoms with Gasteiger partial charge < -0.3 is 10.1 Å². The van der Waals surface area contributed by atoms with Gasteiger partial charge in [0.2, 0.25) is 0 Å². The second-order valence-corrected chi connectivity index (χ2v) is 8.12. The number of para-hydroxylation sites is 1. The average molecular weight is 346 g/mol. The maximum atomic E-state index is 10.0. The summed E-state index contributed by atoms with van der Waals surface area (Å²) in [6, 6.07) is 13.3. The van der Waals surface area contributed by atoms with Gasteiger partial charge in [-0.25, -0.2) is 0 Å². The van der Waals surface area contributed by atoms with Gasteiger partial charge in [-0.1, -0.05) is 18.2 Å². The van der Waals surface area contributed by atoms with Crippen molar-refractivity contribution in [1.29, 1.82) is 10.5 Å². The summed E-state index contributed by atoms with van der Waals surface area (Å²) in [5.41, 5.74) is 4.34. The van der Waals surface area contributed by atoms with Crippen LogP contribution in [0, 0.1) is 34.5 Å². The van der Waals surface area contributed by atoms with E-state index < -0.39 is 5.60 Å². The predicted octanol–water partition coefficient (Wildman–Crippen LogP) is 2.82. The van der Waals surface area contributed by atoms with Gasteiger partial charge in [-0.15, -0.1) is 0 Å². The molecule has 2 fully saturated rings. The lowest BCUT2D eigenvalue weighted by Gasteiger charge is -2.52. The van der Waals surface area contributed by atoms with Crippen molar-refractivity contribution in [1.82, 2.24) is 4.90 Å². The number of nitrogens with one attached hydrogen (secondary N) is 1. The molecule has 0 aliphatic carbocycles. The van der Waals surface area contributed by atoms with Crippen molar-refractivity contribution in [3.05, 3.63) is 41.1 Å². The molecule has 0 unspecified atom stereocenters. The first-order chi connectivity index (χ1) is 12.6. The third-order valence-electron chi connectivity index (χ3n) is 6.79. The SMILES string of the molecule is C[C@@]1(C#N)OCC[C@H]2C[C@H]3C4=C(Cc5ccccc5N4)CN3[C@H](C#N)[C@@H]21. The molecular formula is C21H22N4O. The number of piperidine rings is 1. The minimum atomic E-state index is -0.867. The number of ether oxygens (including phenoxy) is 1. The smallest absolute Gasteiger partial charge is 0.157 e. The quantitative estimate of drug-likeness (QED) is 0.782. The van der Waals surface area contributed by atoms with Crippen LogP contribution in [0.2, 0.25) is 0 Å². The molecule has 26 heavy (non-hydrogen) atoms. The number of fused-ring (bicyclic) bond motifs is 4. The first kappa shape index (κ1) is 15.9. The fourth-order valence-corrected chi connectivity index (χ4v) is 5.58. The molecule has 0 saturated carbocycles. The molecule has 132 valence electrons. The van der Waals surface area contributed by atoms with E-state index in [1.165, 1.54) is 22.5 Å². The minimum Gasteiger partial charge on any atom is -0.360 e. The Morgan fingerprint density at radius 1 is 1.31 bits per heavy atom. The van der Waals surface area contributed by atoms with Gasteiger partial charge in [0, 0.05) is 30.5 Å². The van der Waals surface area contributed by atoms with E-state index in [1.54, 1.807) is 0 Å². The molecule has 5 nitrogen and oxygen atoms in total. The summed E-state index contributed by atoms with van der Waals surface area (Å²) in [5, 5.41) is 23.4. The van der Waals surface area contributed by atoms with Crippen LogP contribution in [0.4, 0.5) is 5.69 Å². The Bertz CT molecular complexity index is 879. The van der Waals surface area contributed by atoms with Crippen LogP contribution in [-0.2, 0) is 11.2 Å². The van der Waals surface area contributed by atoms with Gasteiger partial charge in [0.15, 0.2) is 5.60 Å². The van der Waals surface area contributed by atoms with Crippen LogP contribution < -0.4 is 5.32 Å². The third kappa shape index (κ3) is 2.08. The standard InChI is InChI=1S/C21H22N4O/c1-21(12-23)19-14(6-7-26-21)9-17-20-15(11-25(17)18(19)10-22)8-13-4-2-3-5-16(13)24-20/h2-5,14,17-19,24H,6-9,11H2,1H3/t14-,17-,18+,19+,21-/m0/s1. The van der Waals surface area contributed by atoms with Gasteiger partial charge in [-0.2, -0.15) is 10.5 Å². The normalized spacial score (nSPS) is 38.1. The van der Waals surface area contributed by atoms with Crippen molar-refractivity contribution in [3.63, 3.8) is 0 Å². The van der Waals surface area contributed by atoms with E-state index in [4.69, 9.17) is 4.74 Å². The molecule has 5 atom stereocenters. The van der Waals surface area contributed by atoms with Crippen molar-refractivity contribution in [2.24, 2.45) is 11.8 Å². The summed E-state index contributed by atoms with van der Waals surface area (Å²) in [7, 11) is 0. The second-order valence-electron chi connectivity index (χ2n) is 8.12. The van der Waals surface area contributed by atoms with Crippen LogP contribution in [0.1, 0.15) is 25.3 Å². The first-order valence-corrected chi connectivity index (χ1v) is 9.42. The molecule has 0 bridgehead atoms. The Labute approximate surface area is 153 Å². The van der Waals surface area contributed by atoms with Gasteiger partial charge in [-0.05, 0) is 49.3 Å². The maximum Gasteiger partial charge on any atom is 0.157 e. The third-order valence-corrected chi connectivity index (χ3v) is 6.79. The summed E-state index contributed by atoms with van der Waals surface area (Å²) in [6.07, 6.45) is 2.88. The molecule has 4 heterocycles. The summed E-state index contributed by atoms with van der Waals surface area (Å²) in [5.74, 6) is 0.302. The number of anilines is 1. The lowest BCUT2D eigenvalue weighted by molar-refractivity contribution is -0.135. The number of hydrogen-bond acceptors (Lipinski definition) is 5. The average Bonchev–Trinajstić information content (AvgIpc) is 3.02. The Hall–Kier alpha value is -2.34. The first-order valence-electron chi connectivity index (χ1n) is 9.42. The van der Waals surface area contributed by atoms with Gasteiger partial charge in [0.1, 0.15) is 6.04 Å². The number of nitriles is 2. The van der Waals surface area contributed by atoms with E-state index in [0.717, 1.165) is 25.8 Å². The van der Waals surface area contributed by atoms with Crippen LogP contribution in [0.3, 0.4) is 0 Å². The van der Waals surface area contributed by atoms with Crippen LogP contribution in [-0.4, -0.2) is 35.7 Å². The zero-order valence-corrected chi connectivity index (χ0v) is 14.9. The molecule has 4 aliphatic rings. The molecule has 1 N–H and O–H groups in total. The van der Waals surface area contributed by atoms with Crippen LogP contribution >= 0.6 is 0 Å². The van der Waals surface area contributed by atoms with E-state index in [2.05, 4.69) is 46.6 Å². The summed E-state index contributed by atoms with van der Waals surface area (Å²) in [6.45, 7) is 3.29. The maximum absolute atomic E-state index is 10.0. The van der Waals surface area contributed by atoms with E-state index in [9.17, 15) is 10.5 Å². The molecule has 1 aromatic carbocycles. The van der Waals surface area contributed by atoms with E-state index in [-0.39, 0.29) is 18.0 Å². The summed E-state index contributed by atoms with van der Waals surface area (Å²) >= 11 is 0. The van der Waals surface area contributed by atoms with E-state index in [1.807, 2.05) is 6.92 Å². The largest absolute Gasteiger partial charge is 0.360 e. The van der Waals surface area contributed by atoms with Crippen molar-refractivity contribution in [3.8, 4) is 12.1 Å². The number of nitrogens with zero attached hydrogens (tertiary/aromatic N) is 3. The van der Waals surface area contributed by atoms with Crippen LogP contribution in [0.25, 0.3) is 0 Å². The van der Waals surface area contributed by atoms with E-state index in [0.29, 0.717) is 12.5 Å². The van der Waals surface area contributed by atoms with Gasteiger partial charge in [0.05, 0.1) is 18.2 Å². The van der Waals surface area contributed by atoms with Crippen molar-refractivity contribution in [2.75, 3.05) is 18.5 Å². The molecular weight excluding hydrogens is 324 g/mol. The van der Waals surface area contributed by atoms with Gasteiger partial charge in [0.25, 0.3) is 0 Å². The molecule has 0 aromatic heterocycles. The fraction of sp³-hybridized carbons (Fsp3) is 0.524. The lowest BCUT2D eigenvalue weighted by atomic mass is 9.66. The minimum absolute atomic E-state index is 0.0498. The van der Waals surface area contributed by atoms with E-state index >= 15 is 0 Å². The predicted molar refractivity (Wildman–Crippen MR) is 96.9 cm³/mol. The number of hydrogen-bond donors (Lipinski definition) is 1. The molecule has 1 aromatic rings. The van der Waals surface area contributed by atoms with Crippen molar-refractivity contribution >= 4 is 5.69 Å². The highest BCUT2D eigenvalue weighted by Crippen LogP contribution is 2.50. The molecule has 4 aliphatic heterocycles. The second kappa shape index (κ2) is 5.58. The lowest BCUT2D eigenvalue weighted by Crippen LogP contribution is -2.61. The zero-order chi connectivity index (χ0) is 17.9. The zero-order valence-electron chi connectivity index (χ0n) is 14.9. The highest BCUT2D eigenvalue weighted by molar-refractivity contribution is 5.62. The van der Waals surface area contributed by atoms with Crippen molar-refractivity contribution < 1.29 is 4.74 Å². The Kier molecular flexibility index (Phi) is 3.41.